The first-order valence-electron chi connectivity index (χ1n) is 10.3. The monoisotopic (exact) mass is 632 g/mol. The van der Waals surface area contributed by atoms with Crippen LogP contribution in [0.4, 0.5) is 43.9 Å². The van der Waals surface area contributed by atoms with Crippen molar-refractivity contribution in [3.63, 3.8) is 0 Å². The first kappa shape index (κ1) is 26.4. The molecule has 0 aromatic heterocycles. The van der Waals surface area contributed by atoms with E-state index in [-0.39, 0.29) is 0 Å². The molecule has 1 heterocycles. The molecule has 0 nitrogen and oxygen atoms in total. The van der Waals surface area contributed by atoms with Crippen LogP contribution in [0.1, 0.15) is 5.56 Å². The van der Waals surface area contributed by atoms with Gasteiger partial charge in [0, 0.05) is 0 Å². The Bertz CT molecular complexity index is 1260. The van der Waals surface area contributed by atoms with Crippen molar-refractivity contribution in [3.05, 3.63) is 114 Å². The zero-order valence-corrected chi connectivity index (χ0v) is 20.2. The molecular formula is C24H13BF10Te. The van der Waals surface area contributed by atoms with E-state index in [4.69, 9.17) is 0 Å². The summed E-state index contributed by atoms with van der Waals surface area (Å²) in [5, 5.41) is 0. The van der Waals surface area contributed by atoms with E-state index in [0.717, 1.165) is 17.5 Å². The fourth-order valence-electron chi connectivity index (χ4n) is 4.19. The Labute approximate surface area is 205 Å². The molecule has 0 fully saturated rings. The fraction of sp³-hybridized carbons (Fsp3) is 0.0833. The maximum absolute atomic E-state index is 14.9. The molecule has 0 unspecified atom stereocenters. The van der Waals surface area contributed by atoms with Crippen LogP contribution in [0.5, 0.6) is 0 Å². The molecule has 0 bridgehead atoms. The van der Waals surface area contributed by atoms with Gasteiger partial charge >= 0.3 is 206 Å². The summed E-state index contributed by atoms with van der Waals surface area (Å²) < 4.78 is 146. The van der Waals surface area contributed by atoms with Gasteiger partial charge in [-0.15, -0.1) is 0 Å². The van der Waals surface area contributed by atoms with Crippen molar-refractivity contribution in [2.24, 2.45) is 0 Å². The summed E-state index contributed by atoms with van der Waals surface area (Å²) in [7, 11) is 0. The molecule has 4 rings (SSSR count). The van der Waals surface area contributed by atoms with Gasteiger partial charge in [0.05, 0.1) is 0 Å². The van der Waals surface area contributed by atoms with Crippen molar-refractivity contribution >= 4 is 36.6 Å². The average Bonchev–Trinajstić information content (AvgIpc) is 2.89. The Morgan fingerprint density at radius 3 is 1.25 bits per heavy atom. The molecule has 1 aliphatic heterocycles. The zero-order valence-electron chi connectivity index (χ0n) is 17.9. The molecule has 0 aliphatic carbocycles. The Hall–Kier alpha value is -2.71. The molecule has 0 radical (unpaired) electrons. The molecule has 3 aromatic carbocycles. The van der Waals surface area contributed by atoms with E-state index in [1.807, 2.05) is 12.1 Å². The van der Waals surface area contributed by atoms with Crippen LogP contribution < -0.4 is 10.9 Å². The van der Waals surface area contributed by atoms with Gasteiger partial charge in [0.25, 0.3) is 0 Å². The van der Waals surface area contributed by atoms with Crippen LogP contribution in [0.25, 0.3) is 0 Å². The van der Waals surface area contributed by atoms with E-state index in [2.05, 4.69) is 0 Å². The number of halogens is 10. The van der Waals surface area contributed by atoms with E-state index >= 15 is 0 Å². The van der Waals surface area contributed by atoms with Crippen molar-refractivity contribution in [2.75, 3.05) is 0 Å². The third-order valence-electron chi connectivity index (χ3n) is 6.03. The second-order valence-corrected chi connectivity index (χ2v) is 13.4. The molecule has 0 spiro atoms. The minimum absolute atomic E-state index is 0.529. The molecule has 0 N–H and O–H groups in total. The van der Waals surface area contributed by atoms with Gasteiger partial charge in [0.1, 0.15) is 0 Å². The number of hydrogen-bond acceptors (Lipinski definition) is 0. The second kappa shape index (κ2) is 9.98. The van der Waals surface area contributed by atoms with Gasteiger partial charge < -0.3 is 0 Å². The summed E-state index contributed by atoms with van der Waals surface area (Å²) in [6.45, 7) is 0. The summed E-state index contributed by atoms with van der Waals surface area (Å²) in [4.78, 5) is 0. The van der Waals surface area contributed by atoms with Crippen LogP contribution in [0, 0.1) is 58.2 Å². The Balaban J connectivity index is 1.93. The van der Waals surface area contributed by atoms with Gasteiger partial charge in [0.2, 0.25) is 0 Å². The van der Waals surface area contributed by atoms with Crippen molar-refractivity contribution in [1.29, 1.82) is 0 Å². The maximum atomic E-state index is 14.9. The minimum atomic E-state index is -3.92. The van der Waals surface area contributed by atoms with E-state index in [1.165, 1.54) is 8.25 Å². The molecule has 3 aromatic rings. The Morgan fingerprint density at radius 1 is 0.500 bits per heavy atom. The van der Waals surface area contributed by atoms with Crippen LogP contribution in [0.2, 0.25) is 4.47 Å². The van der Waals surface area contributed by atoms with Crippen molar-refractivity contribution in [2.45, 2.75) is 10.9 Å². The summed E-state index contributed by atoms with van der Waals surface area (Å²) in [6.07, 6.45) is -3.37. The molecule has 0 atom stereocenters. The first-order valence-corrected chi connectivity index (χ1v) is 14.7. The summed E-state index contributed by atoms with van der Waals surface area (Å²) in [5.74, 6) is -22.8. The van der Waals surface area contributed by atoms with E-state index in [0.29, 0.717) is 10.9 Å². The van der Waals surface area contributed by atoms with E-state index in [1.54, 1.807) is 18.2 Å². The van der Waals surface area contributed by atoms with Crippen LogP contribution in [-0.4, -0.2) is 25.7 Å². The normalized spacial score (nSPS) is 15.1. The van der Waals surface area contributed by atoms with E-state index < -0.39 is 94.8 Å². The Morgan fingerprint density at radius 2 is 0.861 bits per heavy atom. The van der Waals surface area contributed by atoms with Crippen molar-refractivity contribution in [3.8, 4) is 0 Å². The predicted molar refractivity (Wildman–Crippen MR) is 116 cm³/mol. The quantitative estimate of drug-likeness (QED) is 0.148. The second-order valence-electron chi connectivity index (χ2n) is 8.04. The molecule has 188 valence electrons. The van der Waals surface area contributed by atoms with E-state index in [9.17, 15) is 43.9 Å². The predicted octanol–water partition coefficient (Wildman–Crippen LogP) is 5.66. The van der Waals surface area contributed by atoms with Gasteiger partial charge in [-0.1, -0.05) is 0 Å². The summed E-state index contributed by atoms with van der Waals surface area (Å²) >= 11 is -2.47. The SMILES string of the molecule is Fc1c(F)c(F)c([B-]2(c3c(F)c(F)c(F)c(F)c3F)C=C[Te+](CCc3ccccc3)C=C2)c(F)c1F. The van der Waals surface area contributed by atoms with Crippen LogP contribution in [0.15, 0.2) is 50.5 Å². The van der Waals surface area contributed by atoms with Crippen molar-refractivity contribution < 1.29 is 43.9 Å². The molecule has 1 aliphatic rings. The number of rotatable bonds is 5. The molecule has 0 saturated heterocycles. The van der Waals surface area contributed by atoms with Crippen molar-refractivity contribution in [1.82, 2.24) is 0 Å². The van der Waals surface area contributed by atoms with Gasteiger partial charge in [-0.3, -0.25) is 0 Å². The summed E-state index contributed by atoms with van der Waals surface area (Å²) in [6, 6.07) is 9.08. The molecule has 0 amide bonds. The molecule has 12 heteroatoms. The Kier molecular flexibility index (Phi) is 7.31. The standard InChI is InChI=1S/C24H13BF10Te/c26-15-13(16(27)20(31)23(34)19(15)30)25(14-17(28)21(32)24(35)22(33)18(14)29)7-10-36(11-8-25)9-6-12-4-2-1-3-5-12/h1-5,7-8,10-11H,6,9H2. The topological polar surface area (TPSA) is 0 Å². The van der Waals surface area contributed by atoms with Crippen LogP contribution in [-0.2, 0) is 6.42 Å². The number of benzene rings is 3. The average molecular weight is 630 g/mol. The fourth-order valence-corrected chi connectivity index (χ4v) is 9.14. The van der Waals surface area contributed by atoms with Gasteiger partial charge in [-0.05, 0) is 0 Å². The first-order chi connectivity index (χ1) is 17.0. The molecule has 36 heavy (non-hydrogen) atoms. The van der Waals surface area contributed by atoms with Gasteiger partial charge in [-0.25, -0.2) is 0 Å². The number of aryl methyl sites for hydroxylation is 1. The third kappa shape index (κ3) is 4.24. The van der Waals surface area contributed by atoms with Gasteiger partial charge in [0.15, 0.2) is 0 Å². The third-order valence-corrected chi connectivity index (χ3v) is 10.8. The number of hydrogen-bond donors (Lipinski definition) is 0. The zero-order chi connectivity index (χ0) is 26.4. The van der Waals surface area contributed by atoms with Crippen LogP contribution in [0.3, 0.4) is 0 Å². The summed E-state index contributed by atoms with van der Waals surface area (Å²) in [5.41, 5.74) is -2.44. The molecular weight excluding hydrogens is 617 g/mol. The van der Waals surface area contributed by atoms with Crippen LogP contribution >= 0.6 is 0 Å². The van der Waals surface area contributed by atoms with Gasteiger partial charge in [-0.2, -0.15) is 0 Å². The molecule has 0 saturated carbocycles.